The number of carboxylic acids is 2. The molecule has 3 rings (SSSR count). The van der Waals surface area contributed by atoms with Gasteiger partial charge in [-0.2, -0.15) is 0 Å². The van der Waals surface area contributed by atoms with E-state index in [-0.39, 0.29) is 5.75 Å². The van der Waals surface area contributed by atoms with Crippen LogP contribution in [0.3, 0.4) is 0 Å². The molecule has 1 unspecified atom stereocenters. The van der Waals surface area contributed by atoms with Crippen LogP contribution >= 0.6 is 23.1 Å². The molecular weight excluding hydrogens is 398 g/mol. The molecule has 0 radical (unpaired) electrons. The molecule has 8 heteroatoms. The van der Waals surface area contributed by atoms with Gasteiger partial charge in [0.15, 0.2) is 6.10 Å². The van der Waals surface area contributed by atoms with E-state index in [0.717, 1.165) is 25.7 Å². The summed E-state index contributed by atoms with van der Waals surface area (Å²) in [5.74, 6) is -1.62. The Bertz CT molecular complexity index is 1010. The highest BCUT2D eigenvalue weighted by atomic mass is 32.2. The lowest BCUT2D eigenvalue weighted by molar-refractivity contribution is -0.144. The first-order chi connectivity index (χ1) is 13.4. The van der Waals surface area contributed by atoms with Crippen molar-refractivity contribution in [1.82, 2.24) is 4.98 Å². The van der Waals surface area contributed by atoms with Crippen LogP contribution in [0.25, 0.3) is 21.2 Å². The predicted molar refractivity (Wildman–Crippen MR) is 112 cm³/mol. The van der Waals surface area contributed by atoms with Gasteiger partial charge in [-0.1, -0.05) is 24.3 Å². The van der Waals surface area contributed by atoms with E-state index in [9.17, 15) is 9.59 Å². The zero-order chi connectivity index (χ0) is 20.1. The molecule has 0 saturated heterocycles. The number of thioether (sulfide) groups is 1. The monoisotopic (exact) mass is 415 g/mol. The number of thiazole rings is 1. The van der Waals surface area contributed by atoms with E-state index in [1.54, 1.807) is 18.2 Å². The van der Waals surface area contributed by atoms with Crippen molar-refractivity contribution in [2.24, 2.45) is 0 Å². The van der Waals surface area contributed by atoms with E-state index in [4.69, 9.17) is 14.9 Å². The van der Waals surface area contributed by atoms with Crippen LogP contribution in [0.1, 0.15) is 17.5 Å². The normalized spacial score (nSPS) is 12.7. The highest BCUT2D eigenvalue weighted by molar-refractivity contribution is 8.09. The summed E-state index contributed by atoms with van der Waals surface area (Å²) in [6, 6.07) is 14.7. The van der Waals surface area contributed by atoms with Gasteiger partial charge in [0, 0.05) is 4.91 Å². The number of benzene rings is 2. The third kappa shape index (κ3) is 5.11. The van der Waals surface area contributed by atoms with E-state index in [0.29, 0.717) is 5.75 Å². The van der Waals surface area contributed by atoms with Crippen LogP contribution in [-0.2, 0) is 9.59 Å². The Morgan fingerprint density at radius 3 is 2.71 bits per heavy atom. The average Bonchev–Trinajstić information content (AvgIpc) is 3.09. The van der Waals surface area contributed by atoms with Crippen molar-refractivity contribution in [3.05, 3.63) is 59.1 Å². The van der Waals surface area contributed by atoms with Gasteiger partial charge in [0.05, 0.1) is 16.0 Å². The summed E-state index contributed by atoms with van der Waals surface area (Å²) < 4.78 is 6.43. The van der Waals surface area contributed by atoms with E-state index in [2.05, 4.69) is 4.98 Å². The first-order valence-corrected chi connectivity index (χ1v) is 10.1. The van der Waals surface area contributed by atoms with Gasteiger partial charge < -0.3 is 14.9 Å². The summed E-state index contributed by atoms with van der Waals surface area (Å²) in [5.41, 5.74) is 1.62. The molecule has 0 aliphatic rings. The Hall–Kier alpha value is -2.84. The number of nitrogens with zero attached hydrogens (tertiary/aromatic N) is 1. The summed E-state index contributed by atoms with van der Waals surface area (Å²) in [7, 11) is 0. The molecule has 0 saturated carbocycles. The van der Waals surface area contributed by atoms with Crippen molar-refractivity contribution in [2.75, 3.05) is 5.75 Å². The van der Waals surface area contributed by atoms with Gasteiger partial charge in [-0.15, -0.1) is 23.1 Å². The van der Waals surface area contributed by atoms with Crippen molar-refractivity contribution < 1.29 is 24.5 Å². The van der Waals surface area contributed by atoms with Crippen LogP contribution in [0, 0.1) is 0 Å². The van der Waals surface area contributed by atoms with Gasteiger partial charge in [-0.05, 0) is 42.8 Å². The molecule has 0 amide bonds. The van der Waals surface area contributed by atoms with Crippen molar-refractivity contribution in [3.8, 4) is 5.75 Å². The number of ether oxygens (including phenoxy) is 1. The van der Waals surface area contributed by atoms with Gasteiger partial charge in [-0.3, -0.25) is 4.79 Å². The molecule has 0 aliphatic heterocycles. The fourth-order valence-corrected chi connectivity index (χ4v) is 4.21. The third-order valence-electron chi connectivity index (χ3n) is 3.67. The Kier molecular flexibility index (Phi) is 6.33. The lowest BCUT2D eigenvalue weighted by Gasteiger charge is -2.11. The minimum atomic E-state index is -1.05. The number of rotatable bonds is 8. The van der Waals surface area contributed by atoms with E-state index < -0.39 is 18.0 Å². The van der Waals surface area contributed by atoms with Crippen LogP contribution in [-0.4, -0.2) is 39.0 Å². The zero-order valence-corrected chi connectivity index (χ0v) is 16.5. The van der Waals surface area contributed by atoms with Crippen LogP contribution in [0.5, 0.6) is 5.75 Å². The van der Waals surface area contributed by atoms with E-state index in [1.807, 2.05) is 36.4 Å². The SMILES string of the molecule is CC(Oc1cccc(/C=C(/SCC(=O)O)c2nc3ccccc3s2)c1)C(=O)O. The lowest BCUT2D eigenvalue weighted by atomic mass is 10.2. The Labute approximate surface area is 169 Å². The molecule has 2 N–H and O–H groups in total. The Morgan fingerprint density at radius 2 is 2.00 bits per heavy atom. The topological polar surface area (TPSA) is 96.7 Å². The highest BCUT2D eigenvalue weighted by Gasteiger charge is 2.14. The maximum atomic E-state index is 11.1. The van der Waals surface area contributed by atoms with Crippen LogP contribution < -0.4 is 4.74 Å². The summed E-state index contributed by atoms with van der Waals surface area (Å²) >= 11 is 2.68. The van der Waals surface area contributed by atoms with Gasteiger partial charge >= 0.3 is 11.9 Å². The number of aliphatic carboxylic acids is 2. The summed E-state index contributed by atoms with van der Waals surface area (Å²) in [4.78, 5) is 27.4. The Balaban J connectivity index is 1.94. The number of fused-ring (bicyclic) bond motifs is 1. The molecular formula is C20H17NO5S2. The summed E-state index contributed by atoms with van der Waals surface area (Å²) in [6.45, 7) is 1.46. The van der Waals surface area contributed by atoms with E-state index >= 15 is 0 Å². The maximum absolute atomic E-state index is 11.1. The number of para-hydroxylation sites is 1. The molecule has 6 nitrogen and oxygen atoms in total. The van der Waals surface area contributed by atoms with Crippen LogP contribution in [0.4, 0.5) is 0 Å². The fraction of sp³-hybridized carbons (Fsp3) is 0.150. The van der Waals surface area contributed by atoms with Crippen molar-refractivity contribution >= 4 is 56.2 Å². The third-order valence-corrected chi connectivity index (χ3v) is 5.88. The summed E-state index contributed by atoms with van der Waals surface area (Å²) in [6.07, 6.45) is 0.869. The van der Waals surface area contributed by atoms with Gasteiger partial charge in [0.1, 0.15) is 10.8 Å². The first kappa shape index (κ1) is 19.9. The molecule has 0 bridgehead atoms. The second-order valence-corrected chi connectivity index (χ2v) is 7.90. The molecule has 1 aromatic heterocycles. The minimum absolute atomic E-state index is 0.0893. The molecule has 0 aliphatic carbocycles. The van der Waals surface area contributed by atoms with Crippen molar-refractivity contribution in [2.45, 2.75) is 13.0 Å². The standard InChI is InChI=1S/C20H17NO5S2/c1-12(20(24)25)26-14-6-4-5-13(9-14)10-17(27-11-18(22)23)19-21-15-7-2-3-8-16(15)28-19/h2-10,12H,11H2,1H3,(H,22,23)(H,24,25)/b17-10+. The number of carbonyl (C=O) groups is 2. The fourth-order valence-electron chi connectivity index (χ4n) is 2.37. The molecule has 1 atom stereocenters. The van der Waals surface area contributed by atoms with Gasteiger partial charge in [0.25, 0.3) is 0 Å². The number of hydrogen-bond acceptors (Lipinski definition) is 6. The molecule has 1 heterocycles. The minimum Gasteiger partial charge on any atom is -0.481 e. The maximum Gasteiger partial charge on any atom is 0.344 e. The lowest BCUT2D eigenvalue weighted by Crippen LogP contribution is -2.22. The predicted octanol–water partition coefficient (Wildman–Crippen LogP) is 4.46. The molecule has 3 aromatic rings. The van der Waals surface area contributed by atoms with Crippen molar-refractivity contribution in [3.63, 3.8) is 0 Å². The zero-order valence-electron chi connectivity index (χ0n) is 14.9. The first-order valence-electron chi connectivity index (χ1n) is 8.34. The molecule has 0 spiro atoms. The van der Waals surface area contributed by atoms with Crippen molar-refractivity contribution in [1.29, 1.82) is 0 Å². The average molecular weight is 415 g/mol. The Morgan fingerprint density at radius 1 is 1.21 bits per heavy atom. The highest BCUT2D eigenvalue weighted by Crippen LogP contribution is 2.35. The molecule has 28 heavy (non-hydrogen) atoms. The number of hydrogen-bond donors (Lipinski definition) is 2. The largest absolute Gasteiger partial charge is 0.481 e. The summed E-state index contributed by atoms with van der Waals surface area (Å²) in [5, 5.41) is 18.8. The quantitative estimate of drug-likeness (QED) is 0.560. The number of aromatic nitrogens is 1. The molecule has 0 fully saturated rings. The smallest absolute Gasteiger partial charge is 0.344 e. The molecule has 2 aromatic carbocycles. The molecule has 144 valence electrons. The van der Waals surface area contributed by atoms with Crippen LogP contribution in [0.15, 0.2) is 48.5 Å². The van der Waals surface area contributed by atoms with Crippen LogP contribution in [0.2, 0.25) is 0 Å². The second-order valence-electron chi connectivity index (χ2n) is 5.85. The second kappa shape index (κ2) is 8.90. The number of carboxylic acid groups (broad SMARTS) is 2. The van der Waals surface area contributed by atoms with E-state index in [1.165, 1.54) is 30.0 Å². The van der Waals surface area contributed by atoms with Gasteiger partial charge in [0.2, 0.25) is 0 Å². The van der Waals surface area contributed by atoms with Gasteiger partial charge in [-0.25, -0.2) is 9.78 Å².